The molecule has 4 rings (SSSR count). The predicted molar refractivity (Wildman–Crippen MR) is 117 cm³/mol. The second-order valence-electron chi connectivity index (χ2n) is 7.47. The van der Waals surface area contributed by atoms with Gasteiger partial charge in [0, 0.05) is 38.0 Å². The first-order valence-corrected chi connectivity index (χ1v) is 10.5. The quantitative estimate of drug-likeness (QED) is 0.561. The molecule has 1 aromatic carbocycles. The van der Waals surface area contributed by atoms with Crippen LogP contribution in [0.3, 0.4) is 0 Å². The summed E-state index contributed by atoms with van der Waals surface area (Å²) in [6.07, 6.45) is 0.627. The van der Waals surface area contributed by atoms with Crippen molar-refractivity contribution in [3.63, 3.8) is 0 Å². The van der Waals surface area contributed by atoms with Gasteiger partial charge in [0.1, 0.15) is 28.5 Å². The largest absolute Gasteiger partial charge is 0.497 e. The lowest BCUT2D eigenvalue weighted by Crippen LogP contribution is -2.37. The number of carbonyl (C=O) groups is 1. The number of hydrogen-bond donors (Lipinski definition) is 1. The Hall–Kier alpha value is -3.40. The van der Waals surface area contributed by atoms with Crippen LogP contribution in [-0.2, 0) is 22.5 Å². The molecule has 0 bridgehead atoms. The van der Waals surface area contributed by atoms with Gasteiger partial charge in [-0.2, -0.15) is 4.98 Å². The summed E-state index contributed by atoms with van der Waals surface area (Å²) in [5.74, 6) is 2.61. The molecule has 3 aromatic rings. The minimum absolute atomic E-state index is 0.111. The van der Waals surface area contributed by atoms with E-state index in [-0.39, 0.29) is 12.3 Å². The Labute approximate surface area is 185 Å². The number of anilines is 1. The van der Waals surface area contributed by atoms with Crippen LogP contribution in [0.2, 0.25) is 0 Å². The maximum Gasteiger partial charge on any atom is 0.263 e. The molecule has 3 heterocycles. The van der Waals surface area contributed by atoms with Gasteiger partial charge in [0.05, 0.1) is 33.1 Å². The second kappa shape index (κ2) is 9.82. The summed E-state index contributed by atoms with van der Waals surface area (Å²) < 4.78 is 21.5. The van der Waals surface area contributed by atoms with Crippen LogP contribution in [0, 0.1) is 6.92 Å². The van der Waals surface area contributed by atoms with Gasteiger partial charge in [-0.25, -0.2) is 4.98 Å². The van der Waals surface area contributed by atoms with Crippen molar-refractivity contribution in [3.05, 3.63) is 35.3 Å². The van der Waals surface area contributed by atoms with Crippen LogP contribution < -0.4 is 19.7 Å². The van der Waals surface area contributed by atoms with Crippen LogP contribution in [0.15, 0.2) is 22.7 Å². The first-order chi connectivity index (χ1) is 15.6. The van der Waals surface area contributed by atoms with Crippen LogP contribution in [0.25, 0.3) is 11.1 Å². The van der Waals surface area contributed by atoms with Crippen LogP contribution in [0.5, 0.6) is 11.5 Å². The molecule has 1 amide bonds. The van der Waals surface area contributed by atoms with Crippen LogP contribution in [0.4, 0.5) is 5.82 Å². The van der Waals surface area contributed by atoms with E-state index in [1.807, 2.05) is 25.1 Å². The molecular weight excluding hydrogens is 414 g/mol. The number of benzene rings is 1. The van der Waals surface area contributed by atoms with E-state index in [4.69, 9.17) is 23.7 Å². The Balaban J connectivity index is 1.43. The number of aryl methyl sites for hydroxylation is 2. The lowest BCUT2D eigenvalue weighted by molar-refractivity contribution is -0.121. The fourth-order valence-corrected chi connectivity index (χ4v) is 3.66. The summed E-state index contributed by atoms with van der Waals surface area (Å²) >= 11 is 0. The predicted octanol–water partition coefficient (Wildman–Crippen LogP) is 2.03. The van der Waals surface area contributed by atoms with Crippen molar-refractivity contribution >= 4 is 22.8 Å². The Kier molecular flexibility index (Phi) is 6.69. The van der Waals surface area contributed by atoms with Gasteiger partial charge in [0.15, 0.2) is 0 Å². The summed E-state index contributed by atoms with van der Waals surface area (Å²) in [7, 11) is 3.19. The molecular formula is C22H27N5O5. The van der Waals surface area contributed by atoms with Gasteiger partial charge < -0.3 is 29.0 Å². The first-order valence-electron chi connectivity index (χ1n) is 10.5. The Morgan fingerprint density at radius 2 is 2.00 bits per heavy atom. The zero-order valence-corrected chi connectivity index (χ0v) is 18.5. The molecule has 1 fully saturated rings. The molecule has 0 unspecified atom stereocenters. The minimum Gasteiger partial charge on any atom is -0.497 e. The number of amides is 1. The molecule has 1 aliphatic rings. The topological polar surface area (TPSA) is 112 Å². The molecule has 0 saturated carbocycles. The highest BCUT2D eigenvalue weighted by Gasteiger charge is 2.22. The number of methoxy groups -OCH3 is 2. The van der Waals surface area contributed by atoms with E-state index in [1.54, 1.807) is 14.2 Å². The number of fused-ring (bicyclic) bond motifs is 1. The van der Waals surface area contributed by atoms with Gasteiger partial charge in [0.2, 0.25) is 5.91 Å². The molecule has 0 spiro atoms. The van der Waals surface area contributed by atoms with Crippen molar-refractivity contribution in [2.45, 2.75) is 26.3 Å². The smallest absolute Gasteiger partial charge is 0.263 e. The van der Waals surface area contributed by atoms with E-state index in [1.165, 1.54) is 0 Å². The monoisotopic (exact) mass is 441 g/mol. The van der Waals surface area contributed by atoms with Crippen molar-refractivity contribution in [3.8, 4) is 11.5 Å². The molecule has 10 heteroatoms. The van der Waals surface area contributed by atoms with E-state index in [0.29, 0.717) is 49.2 Å². The van der Waals surface area contributed by atoms with E-state index >= 15 is 0 Å². The molecule has 10 nitrogen and oxygen atoms in total. The van der Waals surface area contributed by atoms with Gasteiger partial charge in [-0.05, 0) is 25.1 Å². The zero-order chi connectivity index (χ0) is 22.5. The normalized spacial score (nSPS) is 13.9. The summed E-state index contributed by atoms with van der Waals surface area (Å²) in [6.45, 7) is 4.96. The van der Waals surface area contributed by atoms with Crippen molar-refractivity contribution in [2.75, 3.05) is 45.4 Å². The summed E-state index contributed by atoms with van der Waals surface area (Å²) in [4.78, 5) is 23.9. The van der Waals surface area contributed by atoms with Crippen LogP contribution in [0.1, 0.15) is 23.5 Å². The third-order valence-corrected chi connectivity index (χ3v) is 5.38. The zero-order valence-electron chi connectivity index (χ0n) is 18.5. The third kappa shape index (κ3) is 4.75. The Morgan fingerprint density at radius 1 is 1.19 bits per heavy atom. The summed E-state index contributed by atoms with van der Waals surface area (Å²) in [5.41, 5.74) is 2.03. The number of morpholine rings is 1. The number of aromatic nitrogens is 3. The van der Waals surface area contributed by atoms with Gasteiger partial charge in [-0.1, -0.05) is 5.16 Å². The fourth-order valence-electron chi connectivity index (χ4n) is 3.66. The SMILES string of the molecule is COc1ccc(OC)c(CNC(=O)CCc2nc(N3CCOCC3)c3c(C)noc3n2)c1. The van der Waals surface area contributed by atoms with Crippen molar-refractivity contribution in [1.29, 1.82) is 0 Å². The molecule has 2 aromatic heterocycles. The first kappa shape index (κ1) is 21.8. The number of hydrogen-bond acceptors (Lipinski definition) is 9. The molecule has 0 atom stereocenters. The van der Waals surface area contributed by atoms with E-state index in [2.05, 4.69) is 20.4 Å². The van der Waals surface area contributed by atoms with Crippen LogP contribution >= 0.6 is 0 Å². The summed E-state index contributed by atoms with van der Waals surface area (Å²) in [6, 6.07) is 5.47. The molecule has 0 radical (unpaired) electrons. The molecule has 1 saturated heterocycles. The Bertz CT molecular complexity index is 1090. The molecule has 32 heavy (non-hydrogen) atoms. The van der Waals surface area contributed by atoms with Gasteiger partial charge in [-0.3, -0.25) is 4.79 Å². The highest BCUT2D eigenvalue weighted by molar-refractivity contribution is 5.88. The highest BCUT2D eigenvalue weighted by atomic mass is 16.5. The molecule has 1 N–H and O–H groups in total. The van der Waals surface area contributed by atoms with Crippen LogP contribution in [-0.4, -0.2) is 61.6 Å². The third-order valence-electron chi connectivity index (χ3n) is 5.38. The number of rotatable bonds is 8. The standard InChI is InChI=1S/C22H27N5O5/c1-14-20-21(27-8-10-31-11-9-27)24-18(25-22(20)32-26-14)6-7-19(28)23-13-15-12-16(29-2)4-5-17(15)30-3/h4-5,12H,6-11,13H2,1-3H3,(H,23,28). The number of carbonyl (C=O) groups excluding carboxylic acids is 1. The van der Waals surface area contributed by atoms with Gasteiger partial charge in [-0.15, -0.1) is 0 Å². The second-order valence-corrected chi connectivity index (χ2v) is 7.47. The Morgan fingerprint density at radius 3 is 2.75 bits per heavy atom. The van der Waals surface area contributed by atoms with Crippen molar-refractivity contribution < 1.29 is 23.5 Å². The van der Waals surface area contributed by atoms with Crippen molar-refractivity contribution in [2.24, 2.45) is 0 Å². The van der Waals surface area contributed by atoms with E-state index in [0.717, 1.165) is 35.6 Å². The number of nitrogens with one attached hydrogen (secondary N) is 1. The maximum atomic E-state index is 12.5. The number of nitrogens with zero attached hydrogens (tertiary/aromatic N) is 4. The number of ether oxygens (including phenoxy) is 3. The van der Waals surface area contributed by atoms with E-state index < -0.39 is 0 Å². The average Bonchev–Trinajstić information content (AvgIpc) is 3.21. The average molecular weight is 441 g/mol. The minimum atomic E-state index is -0.111. The molecule has 1 aliphatic heterocycles. The lowest BCUT2D eigenvalue weighted by Gasteiger charge is -2.28. The fraction of sp³-hybridized carbons (Fsp3) is 0.455. The maximum absolute atomic E-state index is 12.5. The summed E-state index contributed by atoms with van der Waals surface area (Å²) in [5, 5.41) is 7.78. The van der Waals surface area contributed by atoms with Crippen molar-refractivity contribution in [1.82, 2.24) is 20.4 Å². The molecule has 0 aliphatic carbocycles. The van der Waals surface area contributed by atoms with Gasteiger partial charge >= 0.3 is 0 Å². The van der Waals surface area contributed by atoms with E-state index in [9.17, 15) is 4.79 Å². The molecule has 170 valence electrons. The lowest BCUT2D eigenvalue weighted by atomic mass is 10.1. The highest BCUT2D eigenvalue weighted by Crippen LogP contribution is 2.28. The van der Waals surface area contributed by atoms with Gasteiger partial charge in [0.25, 0.3) is 5.71 Å².